The lowest BCUT2D eigenvalue weighted by molar-refractivity contribution is 0.605. The number of likely N-dealkylation sites (N-methyl/N-ethyl adjacent to an activating group) is 1. The minimum atomic E-state index is -3.29. The summed E-state index contributed by atoms with van der Waals surface area (Å²) in [5.41, 5.74) is 1.35. The van der Waals surface area contributed by atoms with Gasteiger partial charge in [0.2, 0.25) is 9.84 Å². The van der Waals surface area contributed by atoms with Gasteiger partial charge in [-0.2, -0.15) is 0 Å². The fraction of sp³-hybridized carbons (Fsp3) is 0.200. The molecule has 0 atom stereocenters. The fourth-order valence-corrected chi connectivity index (χ4v) is 3.53. The molecule has 0 amide bonds. The van der Waals surface area contributed by atoms with E-state index in [1.807, 2.05) is 0 Å². The average molecular weight is 244 g/mol. The van der Waals surface area contributed by atoms with Gasteiger partial charge in [-0.15, -0.1) is 0 Å². The lowest BCUT2D eigenvalue weighted by Gasteiger charge is -2.05. The van der Waals surface area contributed by atoms with Crippen molar-refractivity contribution < 1.29 is 8.42 Å². The Labute approximate surface area is 93.7 Å². The molecular weight excluding hydrogens is 234 g/mol. The molecule has 0 aromatic heterocycles. The third-order valence-corrected chi connectivity index (χ3v) is 4.13. The summed E-state index contributed by atoms with van der Waals surface area (Å²) in [4.78, 5) is 0.306. The van der Waals surface area contributed by atoms with Crippen LogP contribution in [0.25, 0.3) is 5.57 Å². The molecule has 1 aliphatic rings. The highest BCUT2D eigenvalue weighted by molar-refractivity contribution is 7.95. The molecule has 0 fully saturated rings. The zero-order valence-electron chi connectivity index (χ0n) is 8.12. The summed E-state index contributed by atoms with van der Waals surface area (Å²) in [5, 5.41) is 4.68. The van der Waals surface area contributed by atoms with Gasteiger partial charge in [0.25, 0.3) is 0 Å². The molecule has 2 rings (SSSR count). The SMILES string of the molecule is CNCC1=CS(=O)(=O)c2cccc(Cl)c21. The summed E-state index contributed by atoms with van der Waals surface area (Å²) in [6.45, 7) is 0.496. The highest BCUT2D eigenvalue weighted by Gasteiger charge is 2.27. The van der Waals surface area contributed by atoms with Gasteiger partial charge in [0.05, 0.1) is 4.90 Å². The predicted octanol–water partition coefficient (Wildman–Crippen LogP) is 1.69. The van der Waals surface area contributed by atoms with Gasteiger partial charge in [-0.25, -0.2) is 8.42 Å². The van der Waals surface area contributed by atoms with Crippen molar-refractivity contribution in [1.29, 1.82) is 0 Å². The molecule has 1 N–H and O–H groups in total. The second-order valence-corrected chi connectivity index (χ2v) is 5.50. The lowest BCUT2D eigenvalue weighted by atomic mass is 10.1. The van der Waals surface area contributed by atoms with Crippen LogP contribution >= 0.6 is 11.6 Å². The molecule has 5 heteroatoms. The molecular formula is C10H10ClNO2S. The van der Waals surface area contributed by atoms with E-state index < -0.39 is 9.84 Å². The Morgan fingerprint density at radius 2 is 2.13 bits per heavy atom. The van der Waals surface area contributed by atoms with Gasteiger partial charge in [0.1, 0.15) is 0 Å². The van der Waals surface area contributed by atoms with E-state index >= 15 is 0 Å². The summed E-state index contributed by atoms with van der Waals surface area (Å²) < 4.78 is 23.5. The van der Waals surface area contributed by atoms with Crippen LogP contribution in [0.2, 0.25) is 5.02 Å². The quantitative estimate of drug-likeness (QED) is 0.860. The molecule has 1 aromatic rings. The molecule has 0 unspecified atom stereocenters. The van der Waals surface area contributed by atoms with Crippen LogP contribution in [0.15, 0.2) is 28.5 Å². The van der Waals surface area contributed by atoms with Crippen molar-refractivity contribution in [3.63, 3.8) is 0 Å². The predicted molar refractivity (Wildman–Crippen MR) is 60.5 cm³/mol. The van der Waals surface area contributed by atoms with Gasteiger partial charge in [0, 0.05) is 22.5 Å². The maximum atomic E-state index is 11.7. The molecule has 0 aliphatic carbocycles. The van der Waals surface area contributed by atoms with Crippen LogP contribution in [0.1, 0.15) is 5.56 Å². The Balaban J connectivity index is 2.69. The summed E-state index contributed by atoms with van der Waals surface area (Å²) in [6.07, 6.45) is 0. The van der Waals surface area contributed by atoms with Crippen molar-refractivity contribution >= 4 is 27.0 Å². The van der Waals surface area contributed by atoms with Crippen LogP contribution in [-0.4, -0.2) is 22.0 Å². The van der Waals surface area contributed by atoms with Crippen LogP contribution in [0.3, 0.4) is 0 Å². The summed E-state index contributed by atoms with van der Waals surface area (Å²) in [7, 11) is -1.52. The molecule has 0 saturated carbocycles. The van der Waals surface area contributed by atoms with E-state index in [1.54, 1.807) is 25.2 Å². The highest BCUT2D eigenvalue weighted by atomic mass is 35.5. The number of benzene rings is 1. The molecule has 0 radical (unpaired) electrons. The number of hydrogen-bond acceptors (Lipinski definition) is 3. The number of sulfone groups is 1. The Morgan fingerprint density at radius 1 is 1.40 bits per heavy atom. The van der Waals surface area contributed by atoms with Crippen molar-refractivity contribution in [3.8, 4) is 0 Å². The van der Waals surface area contributed by atoms with Crippen molar-refractivity contribution in [3.05, 3.63) is 34.2 Å². The molecule has 0 saturated heterocycles. The molecule has 1 aliphatic heterocycles. The van der Waals surface area contributed by atoms with E-state index in [9.17, 15) is 8.42 Å². The van der Waals surface area contributed by atoms with Crippen molar-refractivity contribution in [1.82, 2.24) is 5.32 Å². The number of hydrogen-bond donors (Lipinski definition) is 1. The maximum Gasteiger partial charge on any atom is 0.200 e. The molecule has 1 heterocycles. The number of fused-ring (bicyclic) bond motifs is 1. The first-order valence-corrected chi connectivity index (χ1v) is 6.38. The largest absolute Gasteiger partial charge is 0.316 e. The monoisotopic (exact) mass is 243 g/mol. The van der Waals surface area contributed by atoms with Crippen molar-refractivity contribution in [2.24, 2.45) is 0 Å². The van der Waals surface area contributed by atoms with Crippen LogP contribution < -0.4 is 5.32 Å². The van der Waals surface area contributed by atoms with Crippen molar-refractivity contribution in [2.45, 2.75) is 4.90 Å². The molecule has 80 valence electrons. The number of halogens is 1. The molecule has 1 aromatic carbocycles. The van der Waals surface area contributed by atoms with Crippen molar-refractivity contribution in [2.75, 3.05) is 13.6 Å². The minimum absolute atomic E-state index is 0.306. The Bertz CT molecular complexity index is 534. The van der Waals surface area contributed by atoms with Gasteiger partial charge < -0.3 is 5.32 Å². The second-order valence-electron chi connectivity index (χ2n) is 3.33. The molecule has 0 bridgehead atoms. The summed E-state index contributed by atoms with van der Waals surface area (Å²) in [6, 6.07) is 4.93. The first-order chi connectivity index (χ1) is 7.06. The maximum absolute atomic E-state index is 11.7. The van der Waals surface area contributed by atoms with Gasteiger partial charge in [-0.1, -0.05) is 17.7 Å². The summed E-state index contributed by atoms with van der Waals surface area (Å²) >= 11 is 5.99. The first kappa shape index (κ1) is 10.7. The van der Waals surface area contributed by atoms with E-state index in [2.05, 4.69) is 5.32 Å². The second kappa shape index (κ2) is 3.63. The third-order valence-electron chi connectivity index (χ3n) is 2.27. The van der Waals surface area contributed by atoms with Crippen LogP contribution in [0.4, 0.5) is 0 Å². The van der Waals surface area contributed by atoms with Crippen LogP contribution in [-0.2, 0) is 9.84 Å². The van der Waals surface area contributed by atoms with E-state index in [1.165, 1.54) is 5.41 Å². The third kappa shape index (κ3) is 1.69. The smallest absolute Gasteiger partial charge is 0.200 e. The standard InChI is InChI=1S/C10H10ClNO2S/c1-12-5-7-6-15(13,14)9-4-2-3-8(11)10(7)9/h2-4,6,12H,5H2,1H3. The lowest BCUT2D eigenvalue weighted by Crippen LogP contribution is -2.08. The Kier molecular flexibility index (Phi) is 2.58. The zero-order chi connectivity index (χ0) is 11.1. The van der Waals surface area contributed by atoms with E-state index in [0.717, 1.165) is 5.57 Å². The molecule has 0 spiro atoms. The van der Waals surface area contributed by atoms with E-state index in [-0.39, 0.29) is 0 Å². The average Bonchev–Trinajstić information content (AvgIpc) is 2.41. The Hall–Kier alpha value is -0.840. The van der Waals surface area contributed by atoms with Crippen LogP contribution in [0, 0.1) is 0 Å². The summed E-state index contributed by atoms with van der Waals surface area (Å²) in [5.74, 6) is 0. The van der Waals surface area contributed by atoms with E-state index in [4.69, 9.17) is 11.6 Å². The van der Waals surface area contributed by atoms with Gasteiger partial charge in [-0.05, 0) is 24.8 Å². The molecule has 3 nitrogen and oxygen atoms in total. The highest BCUT2D eigenvalue weighted by Crippen LogP contribution is 2.37. The van der Waals surface area contributed by atoms with Gasteiger partial charge >= 0.3 is 0 Å². The number of rotatable bonds is 2. The van der Waals surface area contributed by atoms with Crippen LogP contribution in [0.5, 0.6) is 0 Å². The zero-order valence-corrected chi connectivity index (χ0v) is 9.69. The fourth-order valence-electron chi connectivity index (χ4n) is 1.68. The molecule has 15 heavy (non-hydrogen) atoms. The Morgan fingerprint density at radius 3 is 2.80 bits per heavy atom. The number of nitrogens with one attached hydrogen (secondary N) is 1. The van der Waals surface area contributed by atoms with Gasteiger partial charge in [0.15, 0.2) is 0 Å². The minimum Gasteiger partial charge on any atom is -0.316 e. The normalized spacial score (nSPS) is 17.3. The van der Waals surface area contributed by atoms with E-state index in [0.29, 0.717) is 22.0 Å². The van der Waals surface area contributed by atoms with Gasteiger partial charge in [-0.3, -0.25) is 0 Å². The topological polar surface area (TPSA) is 46.2 Å². The first-order valence-electron chi connectivity index (χ1n) is 4.45.